The van der Waals surface area contributed by atoms with Gasteiger partial charge in [-0.25, -0.2) is 0 Å². The van der Waals surface area contributed by atoms with Crippen molar-refractivity contribution in [2.24, 2.45) is 0 Å². The number of aromatic nitrogens is 1. The first-order chi connectivity index (χ1) is 9.79. The molecule has 0 radical (unpaired) electrons. The number of nitrogens with zero attached hydrogens (tertiary/aromatic N) is 1. The van der Waals surface area contributed by atoms with Gasteiger partial charge in [0.05, 0.1) is 5.52 Å². The van der Waals surface area contributed by atoms with E-state index in [0.717, 1.165) is 41.9 Å². The zero-order valence-corrected chi connectivity index (χ0v) is 11.1. The summed E-state index contributed by atoms with van der Waals surface area (Å²) in [6, 6.07) is 5.73. The number of nitrogens with one attached hydrogen (secondary N) is 1. The van der Waals surface area contributed by atoms with Crippen LogP contribution in [0.3, 0.4) is 0 Å². The highest BCUT2D eigenvalue weighted by atomic mass is 16.7. The monoisotopic (exact) mass is 272 g/mol. The normalized spacial score (nSPS) is 18.0. The van der Waals surface area contributed by atoms with Crippen molar-refractivity contribution < 1.29 is 9.47 Å². The molecule has 3 heterocycles. The van der Waals surface area contributed by atoms with Gasteiger partial charge in [-0.05, 0) is 38.1 Å². The summed E-state index contributed by atoms with van der Waals surface area (Å²) in [4.78, 5) is 17.4. The number of hydrogen-bond acceptors (Lipinski definition) is 4. The molecule has 2 aromatic rings. The molecule has 20 heavy (non-hydrogen) atoms. The lowest BCUT2D eigenvalue weighted by Crippen LogP contribution is -2.24. The van der Waals surface area contributed by atoms with Crippen LogP contribution in [-0.4, -0.2) is 29.8 Å². The summed E-state index contributed by atoms with van der Waals surface area (Å²) < 4.78 is 10.7. The van der Waals surface area contributed by atoms with Crippen molar-refractivity contribution in [1.82, 2.24) is 9.88 Å². The summed E-state index contributed by atoms with van der Waals surface area (Å²) in [7, 11) is 0. The van der Waals surface area contributed by atoms with Gasteiger partial charge in [0.1, 0.15) is 0 Å². The van der Waals surface area contributed by atoms with E-state index in [1.54, 1.807) is 0 Å². The molecule has 1 fully saturated rings. The highest BCUT2D eigenvalue weighted by molar-refractivity contribution is 5.83. The molecule has 0 bridgehead atoms. The molecule has 4 rings (SSSR count). The molecule has 0 amide bonds. The average Bonchev–Trinajstić information content (AvgIpc) is 3.08. The van der Waals surface area contributed by atoms with E-state index in [4.69, 9.17) is 9.47 Å². The molecule has 5 nitrogen and oxygen atoms in total. The van der Waals surface area contributed by atoms with Crippen LogP contribution >= 0.6 is 0 Å². The Balaban J connectivity index is 1.76. The predicted octanol–water partition coefficient (Wildman–Crippen LogP) is 1.85. The Morgan fingerprint density at radius 3 is 2.65 bits per heavy atom. The van der Waals surface area contributed by atoms with E-state index in [1.807, 2.05) is 18.2 Å². The first kappa shape index (κ1) is 11.8. The maximum atomic E-state index is 12.2. The third-order valence-electron chi connectivity index (χ3n) is 4.01. The maximum absolute atomic E-state index is 12.2. The first-order valence-electron chi connectivity index (χ1n) is 6.97. The van der Waals surface area contributed by atoms with Gasteiger partial charge in [0.25, 0.3) is 5.56 Å². The van der Waals surface area contributed by atoms with E-state index in [2.05, 4.69) is 9.88 Å². The zero-order chi connectivity index (χ0) is 13.5. The van der Waals surface area contributed by atoms with Crippen molar-refractivity contribution in [1.29, 1.82) is 0 Å². The van der Waals surface area contributed by atoms with Crippen molar-refractivity contribution >= 4 is 10.9 Å². The number of pyridine rings is 1. The number of aromatic amines is 1. The third kappa shape index (κ3) is 1.94. The van der Waals surface area contributed by atoms with Gasteiger partial charge in [-0.15, -0.1) is 0 Å². The molecule has 0 aliphatic carbocycles. The molecule has 0 unspecified atom stereocenters. The minimum Gasteiger partial charge on any atom is -0.454 e. The van der Waals surface area contributed by atoms with Crippen molar-refractivity contribution in [2.75, 3.05) is 19.9 Å². The highest BCUT2D eigenvalue weighted by Gasteiger charge is 2.17. The van der Waals surface area contributed by atoms with Crippen LogP contribution in [0.1, 0.15) is 18.4 Å². The van der Waals surface area contributed by atoms with E-state index in [1.165, 1.54) is 12.8 Å². The topological polar surface area (TPSA) is 54.6 Å². The van der Waals surface area contributed by atoms with Crippen LogP contribution in [0.4, 0.5) is 0 Å². The lowest BCUT2D eigenvalue weighted by atomic mass is 10.1. The van der Waals surface area contributed by atoms with Crippen LogP contribution in [0.25, 0.3) is 10.9 Å². The summed E-state index contributed by atoms with van der Waals surface area (Å²) in [5.41, 5.74) is 1.60. The Hall–Kier alpha value is -2.01. The van der Waals surface area contributed by atoms with Crippen molar-refractivity contribution in [2.45, 2.75) is 19.4 Å². The third-order valence-corrected chi connectivity index (χ3v) is 4.01. The SMILES string of the molecule is O=c1[nH]c2cc3c(cc2cc1CN1CCCC1)OCO3. The second kappa shape index (κ2) is 4.52. The number of likely N-dealkylation sites (tertiary alicyclic amines) is 1. The number of hydrogen-bond donors (Lipinski definition) is 1. The summed E-state index contributed by atoms with van der Waals surface area (Å²) in [5.74, 6) is 1.44. The smallest absolute Gasteiger partial charge is 0.252 e. The van der Waals surface area contributed by atoms with Crippen molar-refractivity contribution in [3.8, 4) is 11.5 Å². The molecule has 2 aliphatic rings. The summed E-state index contributed by atoms with van der Waals surface area (Å²) in [6.07, 6.45) is 2.45. The van der Waals surface area contributed by atoms with Crippen LogP contribution in [-0.2, 0) is 6.54 Å². The molecule has 104 valence electrons. The van der Waals surface area contributed by atoms with Gasteiger partial charge >= 0.3 is 0 Å². The fourth-order valence-electron chi connectivity index (χ4n) is 2.94. The van der Waals surface area contributed by atoms with Crippen LogP contribution in [0, 0.1) is 0 Å². The number of rotatable bonds is 2. The molecule has 0 atom stereocenters. The number of benzene rings is 1. The molecule has 5 heteroatoms. The fraction of sp³-hybridized carbons (Fsp3) is 0.400. The van der Waals surface area contributed by atoms with E-state index in [0.29, 0.717) is 5.75 Å². The van der Waals surface area contributed by atoms with E-state index < -0.39 is 0 Å². The van der Waals surface area contributed by atoms with Gasteiger partial charge in [-0.2, -0.15) is 0 Å². The molecule has 2 aliphatic heterocycles. The number of ether oxygens (including phenoxy) is 2. The Morgan fingerprint density at radius 2 is 1.85 bits per heavy atom. The lowest BCUT2D eigenvalue weighted by molar-refractivity contribution is 0.174. The molecule has 1 aromatic heterocycles. The second-order valence-electron chi connectivity index (χ2n) is 5.40. The molecule has 0 spiro atoms. The molecular formula is C15H16N2O3. The van der Waals surface area contributed by atoms with Gasteiger partial charge in [-0.3, -0.25) is 9.69 Å². The quantitative estimate of drug-likeness (QED) is 0.906. The summed E-state index contributed by atoms with van der Waals surface area (Å²) >= 11 is 0. The van der Waals surface area contributed by atoms with Gasteiger partial charge in [0.15, 0.2) is 11.5 Å². The summed E-state index contributed by atoms with van der Waals surface area (Å²) in [5, 5.41) is 0.989. The van der Waals surface area contributed by atoms with Gasteiger partial charge in [0, 0.05) is 23.6 Å². The maximum Gasteiger partial charge on any atom is 0.252 e. The van der Waals surface area contributed by atoms with Crippen LogP contribution in [0.15, 0.2) is 23.0 Å². The van der Waals surface area contributed by atoms with Gasteiger partial charge in [-0.1, -0.05) is 0 Å². The molecule has 0 saturated carbocycles. The average molecular weight is 272 g/mol. The minimum absolute atomic E-state index is 0.0109. The van der Waals surface area contributed by atoms with E-state index in [9.17, 15) is 4.79 Å². The zero-order valence-electron chi connectivity index (χ0n) is 11.1. The van der Waals surface area contributed by atoms with E-state index in [-0.39, 0.29) is 12.4 Å². The standard InChI is InChI=1S/C15H16N2O3/c18-15-11(8-17-3-1-2-4-17)5-10-6-13-14(20-9-19-13)7-12(10)16-15/h5-7H,1-4,8-9H2,(H,16,18). The Bertz CT molecular complexity index is 717. The number of H-pyrrole nitrogens is 1. The van der Waals surface area contributed by atoms with Crippen molar-refractivity contribution in [3.05, 3.63) is 34.1 Å². The second-order valence-corrected chi connectivity index (χ2v) is 5.40. The number of fused-ring (bicyclic) bond motifs is 2. The molecule has 1 N–H and O–H groups in total. The van der Waals surface area contributed by atoms with Crippen molar-refractivity contribution in [3.63, 3.8) is 0 Å². The Kier molecular flexibility index (Phi) is 2.67. The molecular weight excluding hydrogens is 256 g/mol. The Morgan fingerprint density at radius 1 is 1.10 bits per heavy atom. The fourth-order valence-corrected chi connectivity index (χ4v) is 2.94. The Labute approximate surface area is 116 Å². The summed E-state index contributed by atoms with van der Waals surface area (Å²) in [6.45, 7) is 3.13. The van der Waals surface area contributed by atoms with Gasteiger partial charge < -0.3 is 14.5 Å². The van der Waals surface area contributed by atoms with Gasteiger partial charge in [0.2, 0.25) is 6.79 Å². The predicted molar refractivity (Wildman–Crippen MR) is 75.2 cm³/mol. The van der Waals surface area contributed by atoms with Crippen LogP contribution < -0.4 is 15.0 Å². The molecule has 1 aromatic carbocycles. The van der Waals surface area contributed by atoms with Crippen LogP contribution in [0.5, 0.6) is 11.5 Å². The highest BCUT2D eigenvalue weighted by Crippen LogP contribution is 2.35. The minimum atomic E-state index is -0.0109. The lowest BCUT2D eigenvalue weighted by Gasteiger charge is -2.14. The van der Waals surface area contributed by atoms with E-state index >= 15 is 0 Å². The van der Waals surface area contributed by atoms with Crippen LogP contribution in [0.2, 0.25) is 0 Å². The first-order valence-corrected chi connectivity index (χ1v) is 6.97. The molecule has 1 saturated heterocycles. The largest absolute Gasteiger partial charge is 0.454 e.